The second kappa shape index (κ2) is 2.72. The van der Waals surface area contributed by atoms with E-state index in [-0.39, 0.29) is 23.3 Å². The summed E-state index contributed by atoms with van der Waals surface area (Å²) in [5.74, 6) is 0.141. The molecule has 0 heterocycles. The molecule has 3 heteroatoms. The zero-order chi connectivity index (χ0) is 10.7. The van der Waals surface area contributed by atoms with Crippen molar-refractivity contribution in [2.75, 3.05) is 0 Å². The number of carbonyl (C=O) groups is 1. The summed E-state index contributed by atoms with van der Waals surface area (Å²) in [5.41, 5.74) is 6.30. The summed E-state index contributed by atoms with van der Waals surface area (Å²) in [6.07, 6.45) is 1.12. The van der Waals surface area contributed by atoms with Crippen LogP contribution in [0.5, 0.6) is 0 Å². The first-order valence-electron chi connectivity index (χ1n) is 5.35. The molecule has 3 saturated carbocycles. The summed E-state index contributed by atoms with van der Waals surface area (Å²) >= 11 is 0. The van der Waals surface area contributed by atoms with Crippen molar-refractivity contribution in [2.45, 2.75) is 33.2 Å². The standard InChI is InChI=1S/C11H19NO2/c1-5-6-4-7(11(6,2)3)9(12)8(5)10(13)14/h5-9H,4,12H2,1-3H3,(H,13,14)/t5-,6-,7+,8+,9-/m0/s1. The first-order valence-corrected chi connectivity index (χ1v) is 5.35. The van der Waals surface area contributed by atoms with Crippen molar-refractivity contribution in [3.8, 4) is 0 Å². The molecule has 0 aromatic carbocycles. The number of carboxylic acids is 1. The van der Waals surface area contributed by atoms with Crippen molar-refractivity contribution in [3.05, 3.63) is 0 Å². The van der Waals surface area contributed by atoms with Gasteiger partial charge in [-0.3, -0.25) is 4.79 Å². The van der Waals surface area contributed by atoms with Gasteiger partial charge >= 0.3 is 5.97 Å². The van der Waals surface area contributed by atoms with Gasteiger partial charge in [0.25, 0.3) is 0 Å². The Hall–Kier alpha value is -0.570. The Morgan fingerprint density at radius 1 is 1.43 bits per heavy atom. The van der Waals surface area contributed by atoms with Crippen LogP contribution in [0.3, 0.4) is 0 Å². The normalized spacial score (nSPS) is 49.6. The lowest BCUT2D eigenvalue weighted by Gasteiger charge is -2.63. The van der Waals surface area contributed by atoms with Gasteiger partial charge in [-0.05, 0) is 29.6 Å². The molecule has 0 saturated heterocycles. The summed E-state index contributed by atoms with van der Waals surface area (Å²) in [5, 5.41) is 9.11. The smallest absolute Gasteiger partial charge is 0.308 e. The highest BCUT2D eigenvalue weighted by molar-refractivity contribution is 5.72. The number of rotatable bonds is 1. The van der Waals surface area contributed by atoms with Crippen molar-refractivity contribution < 1.29 is 9.90 Å². The zero-order valence-electron chi connectivity index (χ0n) is 9.03. The molecule has 3 rings (SSSR count). The molecule has 5 atom stereocenters. The maximum absolute atomic E-state index is 11.1. The zero-order valence-corrected chi connectivity index (χ0v) is 9.03. The lowest BCUT2D eigenvalue weighted by molar-refractivity contribution is -0.173. The van der Waals surface area contributed by atoms with Gasteiger partial charge in [0.1, 0.15) is 0 Å². The molecule has 0 aromatic heterocycles. The van der Waals surface area contributed by atoms with Gasteiger partial charge in [-0.1, -0.05) is 20.8 Å². The fourth-order valence-electron chi connectivity index (χ4n) is 3.78. The summed E-state index contributed by atoms with van der Waals surface area (Å²) in [6.45, 7) is 6.49. The lowest BCUT2D eigenvalue weighted by Crippen LogP contribution is -2.66. The van der Waals surface area contributed by atoms with E-state index in [0.29, 0.717) is 11.8 Å². The second-order valence-corrected chi connectivity index (χ2v) is 5.57. The van der Waals surface area contributed by atoms with Crippen LogP contribution in [0.1, 0.15) is 27.2 Å². The molecule has 0 unspecified atom stereocenters. The quantitative estimate of drug-likeness (QED) is 0.666. The van der Waals surface area contributed by atoms with E-state index in [1.807, 2.05) is 6.92 Å². The van der Waals surface area contributed by atoms with Gasteiger partial charge in [0.05, 0.1) is 5.92 Å². The molecular formula is C11H19NO2. The number of fused-ring (bicyclic) bond motifs is 2. The molecule has 2 bridgehead atoms. The van der Waals surface area contributed by atoms with Crippen LogP contribution in [0.4, 0.5) is 0 Å². The Morgan fingerprint density at radius 3 is 2.36 bits per heavy atom. The highest BCUT2D eigenvalue weighted by atomic mass is 16.4. The Bertz CT molecular complexity index is 256. The number of carboxylic acid groups (broad SMARTS) is 1. The third-order valence-electron chi connectivity index (χ3n) is 4.78. The van der Waals surface area contributed by atoms with Crippen LogP contribution in [-0.2, 0) is 4.79 Å². The lowest BCUT2D eigenvalue weighted by atomic mass is 9.42. The predicted octanol–water partition coefficient (Wildman–Crippen LogP) is 1.33. The minimum absolute atomic E-state index is 0.150. The molecule has 3 fully saturated rings. The van der Waals surface area contributed by atoms with Crippen LogP contribution in [0, 0.1) is 29.1 Å². The van der Waals surface area contributed by atoms with Crippen molar-refractivity contribution >= 4 is 5.97 Å². The first-order chi connectivity index (χ1) is 6.37. The summed E-state index contributed by atoms with van der Waals surface area (Å²) in [6, 6.07) is -0.150. The highest BCUT2D eigenvalue weighted by Gasteiger charge is 2.61. The van der Waals surface area contributed by atoms with E-state index in [1.165, 1.54) is 0 Å². The molecule has 3 nitrogen and oxygen atoms in total. The van der Waals surface area contributed by atoms with Crippen molar-refractivity contribution in [1.29, 1.82) is 0 Å². The van der Waals surface area contributed by atoms with E-state index >= 15 is 0 Å². The third kappa shape index (κ3) is 0.991. The summed E-state index contributed by atoms with van der Waals surface area (Å²) in [7, 11) is 0. The topological polar surface area (TPSA) is 63.3 Å². The Kier molecular flexibility index (Phi) is 1.94. The van der Waals surface area contributed by atoms with E-state index in [0.717, 1.165) is 6.42 Å². The molecule has 3 aliphatic rings. The van der Waals surface area contributed by atoms with E-state index in [9.17, 15) is 4.79 Å². The first kappa shape index (κ1) is 9.97. The monoisotopic (exact) mass is 197 g/mol. The third-order valence-corrected chi connectivity index (χ3v) is 4.78. The molecule has 0 radical (unpaired) electrons. The van der Waals surface area contributed by atoms with Gasteiger partial charge in [0, 0.05) is 6.04 Å². The molecular weight excluding hydrogens is 178 g/mol. The van der Waals surface area contributed by atoms with Crippen LogP contribution in [0.25, 0.3) is 0 Å². The molecule has 14 heavy (non-hydrogen) atoms. The fourth-order valence-corrected chi connectivity index (χ4v) is 3.78. The fraction of sp³-hybridized carbons (Fsp3) is 0.909. The van der Waals surface area contributed by atoms with Gasteiger partial charge in [0.2, 0.25) is 0 Å². The number of hydrogen-bond acceptors (Lipinski definition) is 2. The molecule has 0 aliphatic heterocycles. The van der Waals surface area contributed by atoms with Gasteiger partial charge in [0.15, 0.2) is 0 Å². The van der Waals surface area contributed by atoms with Crippen LogP contribution < -0.4 is 5.73 Å². The van der Waals surface area contributed by atoms with Gasteiger partial charge in [-0.15, -0.1) is 0 Å². The maximum atomic E-state index is 11.1. The van der Waals surface area contributed by atoms with Crippen molar-refractivity contribution in [1.82, 2.24) is 0 Å². The van der Waals surface area contributed by atoms with Crippen LogP contribution >= 0.6 is 0 Å². The predicted molar refractivity (Wildman–Crippen MR) is 53.6 cm³/mol. The van der Waals surface area contributed by atoms with Crippen LogP contribution in [0.15, 0.2) is 0 Å². The molecule has 3 aliphatic carbocycles. The van der Waals surface area contributed by atoms with E-state index < -0.39 is 5.97 Å². The average molecular weight is 197 g/mol. The van der Waals surface area contributed by atoms with Crippen LogP contribution in [0.2, 0.25) is 0 Å². The van der Waals surface area contributed by atoms with Gasteiger partial charge < -0.3 is 10.8 Å². The summed E-state index contributed by atoms with van der Waals surface area (Å²) in [4.78, 5) is 11.1. The van der Waals surface area contributed by atoms with Gasteiger partial charge in [-0.25, -0.2) is 0 Å². The molecule has 0 amide bonds. The van der Waals surface area contributed by atoms with E-state index in [2.05, 4.69) is 13.8 Å². The molecule has 80 valence electrons. The largest absolute Gasteiger partial charge is 0.481 e. The summed E-state index contributed by atoms with van der Waals surface area (Å²) < 4.78 is 0. The maximum Gasteiger partial charge on any atom is 0.308 e. The van der Waals surface area contributed by atoms with Crippen LogP contribution in [-0.4, -0.2) is 17.1 Å². The Balaban J connectivity index is 2.27. The van der Waals surface area contributed by atoms with E-state index in [4.69, 9.17) is 10.8 Å². The minimum Gasteiger partial charge on any atom is -0.481 e. The van der Waals surface area contributed by atoms with Crippen molar-refractivity contribution in [3.63, 3.8) is 0 Å². The average Bonchev–Trinajstić information content (AvgIpc) is 2.00. The highest BCUT2D eigenvalue weighted by Crippen LogP contribution is 2.62. The SMILES string of the molecule is C[C@@H]1[C@@H](C(=O)O)[C@@H](N)[C@H]2C[C@@H]1C2(C)C. The second-order valence-electron chi connectivity index (χ2n) is 5.57. The Morgan fingerprint density at radius 2 is 2.00 bits per heavy atom. The Labute approximate surface area is 84.7 Å². The van der Waals surface area contributed by atoms with E-state index in [1.54, 1.807) is 0 Å². The van der Waals surface area contributed by atoms with Crippen molar-refractivity contribution in [2.24, 2.45) is 34.8 Å². The van der Waals surface area contributed by atoms with Gasteiger partial charge in [-0.2, -0.15) is 0 Å². The number of nitrogens with two attached hydrogens (primary N) is 1. The molecule has 3 N–H and O–H groups in total. The minimum atomic E-state index is -0.713. The number of hydrogen-bond donors (Lipinski definition) is 2. The molecule has 0 spiro atoms. The number of aliphatic carboxylic acids is 1. The molecule has 0 aromatic rings.